The first-order valence-electron chi connectivity index (χ1n) is 8.73. The molecular weight excluding hydrogens is 361 g/mol. The van der Waals surface area contributed by atoms with E-state index in [4.69, 9.17) is 5.73 Å². The van der Waals surface area contributed by atoms with Crippen LogP contribution in [0.4, 0.5) is 10.2 Å². The fourth-order valence-electron chi connectivity index (χ4n) is 3.53. The molecule has 138 valence electrons. The van der Waals surface area contributed by atoms with Crippen LogP contribution in [-0.4, -0.2) is 23.7 Å². The van der Waals surface area contributed by atoms with Crippen LogP contribution in [0.2, 0.25) is 0 Å². The fraction of sp³-hybridized carbons (Fsp3) is 0.190. The van der Waals surface area contributed by atoms with Gasteiger partial charge < -0.3 is 16.2 Å². The number of likely N-dealkylation sites (N-methyl/N-ethyl adjacent to an activating group) is 1. The number of pyridine rings is 1. The molecule has 0 amide bonds. The van der Waals surface area contributed by atoms with Gasteiger partial charge in [0.25, 0.3) is 0 Å². The number of nitrogens with zero attached hydrogens (tertiary/aromatic N) is 1. The number of aromatic nitrogens is 1. The number of nitrogen functional groups attached to an aromatic ring is 1. The Morgan fingerprint density at radius 3 is 2.81 bits per heavy atom. The standard InChI is InChI=1S/C21H20FN3OS/c1-11-9-16(26)17(13-4-3-12(5-7-24-2)15(22)10-13)18-14-6-8-27-20(14)21(23)25-19(11)18/h3-4,6,8-10,24,26H,5,7H2,1-2H3,(H2,23,25). The summed E-state index contributed by atoms with van der Waals surface area (Å²) in [5.74, 6) is 0.308. The number of aromatic hydroxyl groups is 1. The van der Waals surface area contributed by atoms with Gasteiger partial charge in [-0.25, -0.2) is 9.37 Å². The van der Waals surface area contributed by atoms with Gasteiger partial charge in [0.15, 0.2) is 0 Å². The van der Waals surface area contributed by atoms with Gasteiger partial charge in [0.05, 0.1) is 10.2 Å². The number of aryl methyl sites for hydroxylation is 1. The maximum Gasteiger partial charge on any atom is 0.142 e. The molecule has 0 spiro atoms. The quantitative estimate of drug-likeness (QED) is 0.483. The Morgan fingerprint density at radius 2 is 2.07 bits per heavy atom. The van der Waals surface area contributed by atoms with Crippen LogP contribution in [0.1, 0.15) is 11.1 Å². The van der Waals surface area contributed by atoms with Crippen LogP contribution in [0.15, 0.2) is 35.7 Å². The first-order chi connectivity index (χ1) is 13.0. The van der Waals surface area contributed by atoms with E-state index in [1.54, 1.807) is 12.1 Å². The highest BCUT2D eigenvalue weighted by Gasteiger charge is 2.19. The van der Waals surface area contributed by atoms with E-state index in [9.17, 15) is 9.50 Å². The number of rotatable bonds is 4. The molecule has 0 aliphatic carbocycles. The van der Waals surface area contributed by atoms with Crippen molar-refractivity contribution in [1.29, 1.82) is 0 Å². The van der Waals surface area contributed by atoms with E-state index >= 15 is 0 Å². The van der Waals surface area contributed by atoms with Crippen LogP contribution in [0.3, 0.4) is 0 Å². The molecule has 27 heavy (non-hydrogen) atoms. The van der Waals surface area contributed by atoms with Gasteiger partial charge >= 0.3 is 0 Å². The SMILES string of the molecule is CNCCc1ccc(-c2c(O)cc(C)c3nc(N)c4sccc4c23)cc1F. The van der Waals surface area contributed by atoms with Crippen molar-refractivity contribution in [2.45, 2.75) is 13.3 Å². The molecule has 4 rings (SSSR count). The van der Waals surface area contributed by atoms with E-state index in [-0.39, 0.29) is 11.6 Å². The molecule has 0 fully saturated rings. The summed E-state index contributed by atoms with van der Waals surface area (Å²) in [5, 5.41) is 17.4. The largest absolute Gasteiger partial charge is 0.507 e. The van der Waals surface area contributed by atoms with E-state index in [0.29, 0.717) is 35.5 Å². The van der Waals surface area contributed by atoms with Crippen molar-refractivity contribution in [2.75, 3.05) is 19.3 Å². The third-order valence-electron chi connectivity index (χ3n) is 4.86. The van der Waals surface area contributed by atoms with Gasteiger partial charge in [-0.3, -0.25) is 0 Å². The Balaban J connectivity index is 2.02. The van der Waals surface area contributed by atoms with Crippen LogP contribution in [-0.2, 0) is 6.42 Å². The first-order valence-corrected chi connectivity index (χ1v) is 9.61. The number of phenolic OH excluding ortho intramolecular Hbond substituents is 1. The highest BCUT2D eigenvalue weighted by molar-refractivity contribution is 7.18. The Hall–Kier alpha value is -2.70. The van der Waals surface area contributed by atoms with Gasteiger partial charge in [0.1, 0.15) is 17.4 Å². The highest BCUT2D eigenvalue weighted by Crippen LogP contribution is 2.43. The zero-order valence-electron chi connectivity index (χ0n) is 15.1. The van der Waals surface area contributed by atoms with E-state index in [0.717, 1.165) is 26.6 Å². The average molecular weight is 381 g/mol. The molecule has 0 saturated carbocycles. The van der Waals surface area contributed by atoms with Crippen molar-refractivity contribution in [1.82, 2.24) is 10.3 Å². The number of halogens is 1. The van der Waals surface area contributed by atoms with E-state index in [2.05, 4.69) is 10.3 Å². The normalized spacial score (nSPS) is 11.5. The van der Waals surface area contributed by atoms with Crippen LogP contribution in [0.5, 0.6) is 5.75 Å². The maximum absolute atomic E-state index is 14.6. The number of hydrogen-bond donors (Lipinski definition) is 3. The van der Waals surface area contributed by atoms with Gasteiger partial charge in [-0.15, -0.1) is 11.3 Å². The van der Waals surface area contributed by atoms with Gasteiger partial charge in [-0.1, -0.05) is 12.1 Å². The molecule has 0 bridgehead atoms. The van der Waals surface area contributed by atoms with Crippen molar-refractivity contribution >= 4 is 38.1 Å². The first kappa shape index (κ1) is 17.7. The van der Waals surface area contributed by atoms with Crippen LogP contribution in [0, 0.1) is 12.7 Å². The summed E-state index contributed by atoms with van der Waals surface area (Å²) < 4.78 is 15.5. The monoisotopic (exact) mass is 381 g/mol. The second-order valence-corrected chi connectivity index (χ2v) is 7.55. The molecule has 6 heteroatoms. The molecule has 2 aromatic heterocycles. The van der Waals surface area contributed by atoms with Gasteiger partial charge in [0, 0.05) is 16.3 Å². The molecule has 2 heterocycles. The Morgan fingerprint density at radius 1 is 1.26 bits per heavy atom. The molecule has 0 atom stereocenters. The number of anilines is 1. The van der Waals surface area contributed by atoms with E-state index in [1.807, 2.05) is 31.5 Å². The predicted octanol–water partition coefficient (Wildman–Crippen LogP) is 4.61. The lowest BCUT2D eigenvalue weighted by atomic mass is 9.94. The minimum absolute atomic E-state index is 0.112. The summed E-state index contributed by atoms with van der Waals surface area (Å²) in [6.45, 7) is 2.59. The molecule has 0 saturated heterocycles. The fourth-order valence-corrected chi connectivity index (χ4v) is 4.33. The predicted molar refractivity (Wildman–Crippen MR) is 111 cm³/mol. The van der Waals surface area contributed by atoms with Crippen LogP contribution in [0.25, 0.3) is 32.1 Å². The molecule has 0 radical (unpaired) electrons. The number of hydrogen-bond acceptors (Lipinski definition) is 5. The lowest BCUT2D eigenvalue weighted by molar-refractivity contribution is 0.477. The number of benzene rings is 2. The van der Waals surface area contributed by atoms with E-state index in [1.165, 1.54) is 17.4 Å². The summed E-state index contributed by atoms with van der Waals surface area (Å²) in [7, 11) is 1.84. The van der Waals surface area contributed by atoms with Crippen LogP contribution >= 0.6 is 11.3 Å². The Bertz CT molecular complexity index is 1170. The second-order valence-electron chi connectivity index (χ2n) is 6.63. The van der Waals surface area contributed by atoms with Crippen molar-refractivity contribution in [3.8, 4) is 16.9 Å². The summed E-state index contributed by atoms with van der Waals surface area (Å²) in [5.41, 5.74) is 9.54. The number of nitrogens with one attached hydrogen (secondary N) is 1. The van der Waals surface area contributed by atoms with Crippen molar-refractivity contribution < 1.29 is 9.50 Å². The minimum atomic E-state index is -0.277. The molecule has 4 aromatic rings. The maximum atomic E-state index is 14.6. The smallest absolute Gasteiger partial charge is 0.142 e. The topological polar surface area (TPSA) is 71.2 Å². The Kier molecular flexibility index (Phi) is 4.45. The highest BCUT2D eigenvalue weighted by atomic mass is 32.1. The summed E-state index contributed by atoms with van der Waals surface area (Å²) >= 11 is 1.51. The summed E-state index contributed by atoms with van der Waals surface area (Å²) in [6.07, 6.45) is 0.607. The molecule has 4 nitrogen and oxygen atoms in total. The molecule has 0 aliphatic heterocycles. The third kappa shape index (κ3) is 2.91. The summed E-state index contributed by atoms with van der Waals surface area (Å²) in [6, 6.07) is 8.76. The second kappa shape index (κ2) is 6.79. The number of thiophene rings is 1. The van der Waals surface area contributed by atoms with Crippen molar-refractivity contribution in [2.24, 2.45) is 0 Å². The van der Waals surface area contributed by atoms with Gasteiger partial charge in [-0.05, 0) is 67.2 Å². The minimum Gasteiger partial charge on any atom is -0.507 e. The van der Waals surface area contributed by atoms with Gasteiger partial charge in [-0.2, -0.15) is 0 Å². The molecule has 0 aliphatic rings. The van der Waals surface area contributed by atoms with E-state index < -0.39 is 0 Å². The third-order valence-corrected chi connectivity index (χ3v) is 5.79. The number of fused-ring (bicyclic) bond motifs is 3. The molecular formula is C21H20FN3OS. The van der Waals surface area contributed by atoms with Crippen molar-refractivity contribution in [3.05, 3.63) is 52.7 Å². The number of nitrogens with two attached hydrogens (primary N) is 1. The number of phenols is 1. The zero-order chi connectivity index (χ0) is 19.1. The zero-order valence-corrected chi connectivity index (χ0v) is 16.0. The average Bonchev–Trinajstić information content (AvgIpc) is 3.12. The summed E-state index contributed by atoms with van der Waals surface area (Å²) in [4.78, 5) is 4.56. The van der Waals surface area contributed by atoms with Crippen molar-refractivity contribution in [3.63, 3.8) is 0 Å². The van der Waals surface area contributed by atoms with Crippen LogP contribution < -0.4 is 11.1 Å². The molecule has 4 N–H and O–H groups in total. The lowest BCUT2D eigenvalue weighted by Gasteiger charge is -2.14. The van der Waals surface area contributed by atoms with Gasteiger partial charge in [0.2, 0.25) is 0 Å². The molecule has 0 unspecified atom stereocenters. The lowest BCUT2D eigenvalue weighted by Crippen LogP contribution is -2.11. The molecule has 2 aromatic carbocycles. The Labute approximate surface area is 160 Å².